The summed E-state index contributed by atoms with van der Waals surface area (Å²) in [5, 5.41) is 16.5. The third-order valence-electron chi connectivity index (χ3n) is 5.16. The van der Waals surface area contributed by atoms with E-state index < -0.39 is 27.8 Å². The van der Waals surface area contributed by atoms with Crippen LogP contribution in [0.5, 0.6) is 0 Å². The van der Waals surface area contributed by atoms with Crippen molar-refractivity contribution in [3.63, 3.8) is 0 Å². The van der Waals surface area contributed by atoms with E-state index in [4.69, 9.17) is 10.8 Å². The van der Waals surface area contributed by atoms with Gasteiger partial charge < -0.3 is 4.79 Å². The Balaban J connectivity index is 2.08. The van der Waals surface area contributed by atoms with E-state index in [1.807, 2.05) is 0 Å². The summed E-state index contributed by atoms with van der Waals surface area (Å²) in [7, 11) is -1.56. The number of nitrogens with one attached hydrogen (secondary N) is 2. The van der Waals surface area contributed by atoms with Gasteiger partial charge in [-0.1, -0.05) is 0 Å². The SMILES string of the molecule is CS(=O)c1c(CC2(C=O)C(=O)CCCC2=O)ccn(C(=N)C2CC2)c1=N. The van der Waals surface area contributed by atoms with Crippen LogP contribution in [0.25, 0.3) is 0 Å². The van der Waals surface area contributed by atoms with Crippen LogP contribution >= 0.6 is 0 Å². The van der Waals surface area contributed by atoms with Crippen molar-refractivity contribution in [2.45, 2.75) is 43.4 Å². The molecule has 2 fully saturated rings. The van der Waals surface area contributed by atoms with Gasteiger partial charge in [0, 0.05) is 37.6 Å². The lowest BCUT2D eigenvalue weighted by Gasteiger charge is -2.29. The van der Waals surface area contributed by atoms with E-state index in [0.29, 0.717) is 18.3 Å². The molecule has 2 aliphatic carbocycles. The van der Waals surface area contributed by atoms with Gasteiger partial charge in [0.05, 0.1) is 15.7 Å². The van der Waals surface area contributed by atoms with Gasteiger partial charge in [-0.15, -0.1) is 0 Å². The number of carbonyl (C=O) groups excluding carboxylic acids is 3. The maximum Gasteiger partial charge on any atom is 0.153 e. The quantitative estimate of drug-likeness (QED) is 0.345. The Morgan fingerprint density at radius 1 is 1.35 bits per heavy atom. The number of hydrogen-bond acceptors (Lipinski definition) is 6. The molecule has 1 aromatic heterocycles. The molecule has 8 heteroatoms. The molecule has 1 atom stereocenters. The number of carbonyl (C=O) groups is 3. The van der Waals surface area contributed by atoms with Crippen LogP contribution in [0, 0.1) is 22.2 Å². The van der Waals surface area contributed by atoms with Crippen molar-refractivity contribution in [3.8, 4) is 0 Å². The molecule has 0 radical (unpaired) electrons. The molecule has 0 bridgehead atoms. The van der Waals surface area contributed by atoms with Gasteiger partial charge in [0.15, 0.2) is 11.6 Å². The molecule has 7 nitrogen and oxygen atoms in total. The van der Waals surface area contributed by atoms with Gasteiger partial charge in [-0.2, -0.15) is 0 Å². The summed E-state index contributed by atoms with van der Waals surface area (Å²) in [6.45, 7) is 0. The highest BCUT2D eigenvalue weighted by atomic mass is 32.2. The van der Waals surface area contributed by atoms with E-state index in [1.165, 1.54) is 17.0 Å². The summed E-state index contributed by atoms with van der Waals surface area (Å²) in [5.74, 6) is -0.435. The number of rotatable bonds is 5. The minimum atomic E-state index is -1.74. The fraction of sp³-hybridized carbons (Fsp3) is 0.500. The Labute approximate surface area is 153 Å². The van der Waals surface area contributed by atoms with Crippen molar-refractivity contribution < 1.29 is 18.6 Å². The molecule has 2 saturated carbocycles. The number of aromatic nitrogens is 1. The Bertz CT molecular complexity index is 882. The highest BCUT2D eigenvalue weighted by Gasteiger charge is 2.47. The standard InChI is InChI=1S/C18H21N3O4S/c1-26(25)15-12(7-8-21(17(15)20)16(19)11-5-6-11)9-18(10-22)13(23)3-2-4-14(18)24/h7-8,10-11,19-20H,2-6,9H2,1H3. The van der Waals surface area contributed by atoms with Crippen molar-refractivity contribution >= 4 is 34.5 Å². The van der Waals surface area contributed by atoms with Crippen LogP contribution in [-0.4, -0.2) is 38.7 Å². The summed E-state index contributed by atoms with van der Waals surface area (Å²) >= 11 is 0. The molecule has 0 aromatic carbocycles. The van der Waals surface area contributed by atoms with Crippen LogP contribution in [0.4, 0.5) is 0 Å². The first-order valence-corrected chi connectivity index (χ1v) is 10.1. The number of aldehydes is 1. The number of Topliss-reactive ketones (excluding diaryl/α,β-unsaturated/α-hetero) is 2. The van der Waals surface area contributed by atoms with Gasteiger partial charge in [0.25, 0.3) is 0 Å². The summed E-state index contributed by atoms with van der Waals surface area (Å²) in [6.07, 6.45) is 5.76. The molecule has 0 aliphatic heterocycles. The summed E-state index contributed by atoms with van der Waals surface area (Å²) in [4.78, 5) is 36.7. The summed E-state index contributed by atoms with van der Waals surface area (Å²) in [6, 6.07) is 1.58. The second-order valence-corrected chi connectivity index (χ2v) is 8.28. The zero-order valence-electron chi connectivity index (χ0n) is 14.5. The fourth-order valence-electron chi connectivity index (χ4n) is 3.47. The first-order valence-electron chi connectivity index (χ1n) is 8.56. The average Bonchev–Trinajstić information content (AvgIpc) is 3.42. The molecule has 26 heavy (non-hydrogen) atoms. The fourth-order valence-corrected chi connectivity index (χ4v) is 4.35. The average molecular weight is 375 g/mol. The van der Waals surface area contributed by atoms with Crippen molar-refractivity contribution in [2.24, 2.45) is 11.3 Å². The molecule has 1 heterocycles. The third kappa shape index (κ3) is 3.02. The lowest BCUT2D eigenvalue weighted by Crippen LogP contribution is -2.46. The van der Waals surface area contributed by atoms with E-state index in [0.717, 1.165) is 12.8 Å². The summed E-state index contributed by atoms with van der Waals surface area (Å²) < 4.78 is 13.7. The minimum Gasteiger partial charge on any atom is -0.302 e. The van der Waals surface area contributed by atoms with Gasteiger partial charge in [-0.25, -0.2) is 0 Å². The number of hydrogen-bond donors (Lipinski definition) is 2. The first kappa shape index (κ1) is 18.6. The molecule has 2 N–H and O–H groups in total. The predicted molar refractivity (Wildman–Crippen MR) is 94.5 cm³/mol. The Kier molecular flexibility index (Phi) is 4.88. The maximum absolute atomic E-state index is 12.4. The van der Waals surface area contributed by atoms with E-state index in [9.17, 15) is 18.6 Å². The third-order valence-corrected chi connectivity index (χ3v) is 6.19. The maximum atomic E-state index is 12.4. The number of nitrogens with zero attached hydrogens (tertiary/aromatic N) is 1. The van der Waals surface area contributed by atoms with E-state index in [2.05, 4.69) is 0 Å². The van der Waals surface area contributed by atoms with Gasteiger partial charge in [-0.3, -0.25) is 29.2 Å². The second-order valence-electron chi connectivity index (χ2n) is 6.97. The lowest BCUT2D eigenvalue weighted by molar-refractivity contribution is -0.147. The number of ketones is 2. The topological polar surface area (TPSA) is 121 Å². The minimum absolute atomic E-state index is 0.0861. The van der Waals surface area contributed by atoms with Gasteiger partial charge in [-0.05, 0) is 30.9 Å². The Hall–Kier alpha value is -2.22. The van der Waals surface area contributed by atoms with Crippen LogP contribution < -0.4 is 5.49 Å². The molecule has 0 amide bonds. The van der Waals surface area contributed by atoms with Gasteiger partial charge >= 0.3 is 0 Å². The van der Waals surface area contributed by atoms with E-state index in [-0.39, 0.29) is 41.4 Å². The van der Waals surface area contributed by atoms with Crippen molar-refractivity contribution in [2.75, 3.05) is 6.26 Å². The normalized spacial score (nSPS) is 20.7. The lowest BCUT2D eigenvalue weighted by atomic mass is 9.69. The van der Waals surface area contributed by atoms with Crippen LogP contribution in [0.1, 0.15) is 37.7 Å². The van der Waals surface area contributed by atoms with E-state index in [1.54, 1.807) is 6.07 Å². The molecule has 0 saturated heterocycles. The zero-order chi connectivity index (χ0) is 19.1. The van der Waals surface area contributed by atoms with Crippen LogP contribution in [0.2, 0.25) is 0 Å². The predicted octanol–water partition coefficient (Wildman–Crippen LogP) is 0.990. The molecule has 0 spiro atoms. The smallest absolute Gasteiger partial charge is 0.153 e. The Morgan fingerprint density at radius 3 is 2.46 bits per heavy atom. The largest absolute Gasteiger partial charge is 0.302 e. The molecule has 2 aliphatic rings. The molecule has 1 unspecified atom stereocenters. The van der Waals surface area contributed by atoms with E-state index >= 15 is 0 Å². The summed E-state index contributed by atoms with van der Waals surface area (Å²) in [5.41, 5.74) is -1.45. The molecule has 138 valence electrons. The highest BCUT2D eigenvalue weighted by Crippen LogP contribution is 2.33. The van der Waals surface area contributed by atoms with Gasteiger partial charge in [0.1, 0.15) is 23.0 Å². The van der Waals surface area contributed by atoms with Crippen LogP contribution in [-0.2, 0) is 31.6 Å². The molecule has 3 rings (SSSR count). The molecular weight excluding hydrogens is 354 g/mol. The van der Waals surface area contributed by atoms with Crippen LogP contribution in [0.15, 0.2) is 17.2 Å². The second kappa shape index (κ2) is 6.83. The van der Waals surface area contributed by atoms with Crippen LogP contribution in [0.3, 0.4) is 0 Å². The first-order chi connectivity index (χ1) is 12.3. The zero-order valence-corrected chi connectivity index (χ0v) is 15.4. The monoisotopic (exact) mass is 375 g/mol. The van der Waals surface area contributed by atoms with Crippen molar-refractivity contribution in [1.82, 2.24) is 4.57 Å². The van der Waals surface area contributed by atoms with Crippen molar-refractivity contribution in [1.29, 1.82) is 10.8 Å². The van der Waals surface area contributed by atoms with Gasteiger partial charge in [0.2, 0.25) is 0 Å². The highest BCUT2D eigenvalue weighted by molar-refractivity contribution is 7.84. The molecular formula is C18H21N3O4S. The number of pyridine rings is 1. The molecule has 1 aromatic rings. The van der Waals surface area contributed by atoms with Crippen molar-refractivity contribution in [3.05, 3.63) is 23.3 Å². The Morgan fingerprint density at radius 2 is 1.96 bits per heavy atom.